The van der Waals surface area contributed by atoms with Gasteiger partial charge in [-0.3, -0.25) is 0 Å². The number of alkyl halides is 6. The van der Waals surface area contributed by atoms with E-state index in [1.165, 1.54) is 0 Å². The van der Waals surface area contributed by atoms with E-state index in [2.05, 4.69) is 10.1 Å². The van der Waals surface area contributed by atoms with Gasteiger partial charge in [-0.2, -0.15) is 26.3 Å². The summed E-state index contributed by atoms with van der Waals surface area (Å²) in [5.41, 5.74) is 0.732. The van der Waals surface area contributed by atoms with Gasteiger partial charge in [0.25, 0.3) is 0 Å². The largest absolute Gasteiger partial charge is 0.423 e. The van der Waals surface area contributed by atoms with Gasteiger partial charge in [-0.05, 0) is 18.6 Å². The van der Waals surface area contributed by atoms with E-state index in [0.29, 0.717) is 0 Å². The van der Waals surface area contributed by atoms with E-state index in [4.69, 9.17) is 0 Å². The zero-order chi connectivity index (χ0) is 15.2. The van der Waals surface area contributed by atoms with Gasteiger partial charge < -0.3 is 10.1 Å². The van der Waals surface area contributed by atoms with E-state index in [9.17, 15) is 26.3 Å². The normalized spacial score (nSPS) is 12.8. The molecule has 0 amide bonds. The summed E-state index contributed by atoms with van der Waals surface area (Å²) in [7, 11) is 0. The number of benzene rings is 1. The summed E-state index contributed by atoms with van der Waals surface area (Å²) in [6.45, 7) is -0.421. The van der Waals surface area contributed by atoms with Crippen molar-refractivity contribution >= 4 is 5.69 Å². The summed E-state index contributed by atoms with van der Waals surface area (Å²) in [4.78, 5) is 0. The fourth-order valence-electron chi connectivity index (χ4n) is 1.44. The number of anilines is 1. The first-order chi connectivity index (χ1) is 9.21. The van der Waals surface area contributed by atoms with Crippen molar-refractivity contribution < 1.29 is 31.1 Å². The molecule has 1 N–H and O–H groups in total. The molecular formula is C12H13F6NO. The van der Waals surface area contributed by atoms with E-state index >= 15 is 0 Å². The van der Waals surface area contributed by atoms with Crippen molar-refractivity contribution in [3.05, 3.63) is 30.3 Å². The van der Waals surface area contributed by atoms with Crippen LogP contribution in [0.15, 0.2) is 30.3 Å². The number of nitrogens with one attached hydrogen (secondary N) is 1. The first-order valence-corrected chi connectivity index (χ1v) is 5.75. The zero-order valence-electron chi connectivity index (χ0n) is 10.3. The predicted octanol–water partition coefficient (Wildman–Crippen LogP) is 4.00. The summed E-state index contributed by atoms with van der Waals surface area (Å²) in [5.74, 6) is 0. The lowest BCUT2D eigenvalue weighted by Crippen LogP contribution is -2.44. The Labute approximate surface area is 111 Å². The maximum atomic E-state index is 12.1. The molecule has 8 heteroatoms. The minimum Gasteiger partial charge on any atom is -0.385 e. The van der Waals surface area contributed by atoms with Crippen LogP contribution in [0.1, 0.15) is 6.42 Å². The van der Waals surface area contributed by atoms with Crippen LogP contribution in [-0.4, -0.2) is 31.6 Å². The topological polar surface area (TPSA) is 21.3 Å². The zero-order valence-corrected chi connectivity index (χ0v) is 10.3. The Hall–Kier alpha value is -1.44. The molecule has 1 aromatic rings. The Balaban J connectivity index is 2.32. The molecule has 114 valence electrons. The number of rotatable bonds is 6. The van der Waals surface area contributed by atoms with Gasteiger partial charge in [-0.1, -0.05) is 18.2 Å². The van der Waals surface area contributed by atoms with Crippen LogP contribution in [0.4, 0.5) is 32.0 Å². The average Bonchev–Trinajstić information content (AvgIpc) is 2.31. The van der Waals surface area contributed by atoms with Crippen molar-refractivity contribution in [3.63, 3.8) is 0 Å². The molecule has 1 rings (SSSR count). The van der Waals surface area contributed by atoms with Gasteiger partial charge >= 0.3 is 12.4 Å². The molecule has 0 aliphatic rings. The highest BCUT2D eigenvalue weighted by molar-refractivity contribution is 5.42. The number of hydrogen-bond donors (Lipinski definition) is 1. The smallest absolute Gasteiger partial charge is 0.385 e. The minimum absolute atomic E-state index is 0.0254. The molecule has 20 heavy (non-hydrogen) atoms. The molecule has 0 aliphatic carbocycles. The molecule has 0 bridgehead atoms. The maximum absolute atomic E-state index is 12.1. The lowest BCUT2D eigenvalue weighted by Gasteiger charge is -2.23. The first-order valence-electron chi connectivity index (χ1n) is 5.75. The maximum Gasteiger partial charge on any atom is 0.423 e. The molecule has 0 unspecified atom stereocenters. The van der Waals surface area contributed by atoms with Crippen molar-refractivity contribution in [3.8, 4) is 0 Å². The fourth-order valence-corrected chi connectivity index (χ4v) is 1.44. The van der Waals surface area contributed by atoms with Gasteiger partial charge in [0.15, 0.2) is 0 Å². The Kier molecular flexibility index (Phi) is 5.67. The lowest BCUT2D eigenvalue weighted by molar-refractivity contribution is -0.321. The standard InChI is InChI=1S/C12H13F6NO/c13-11(14,15)10(12(16,17)18)20-8-4-7-19-9-5-2-1-3-6-9/h1-3,5-6,10,19H,4,7-8H2. The van der Waals surface area contributed by atoms with Crippen LogP contribution in [0.25, 0.3) is 0 Å². The average molecular weight is 301 g/mol. The Bertz CT molecular complexity index is 375. The number of halogens is 6. The van der Waals surface area contributed by atoms with Crippen LogP contribution in [0.5, 0.6) is 0 Å². The van der Waals surface area contributed by atoms with Gasteiger partial charge in [0.05, 0.1) is 0 Å². The van der Waals surface area contributed by atoms with E-state index in [1.54, 1.807) is 30.3 Å². The second-order valence-electron chi connectivity index (χ2n) is 3.98. The third kappa shape index (κ3) is 5.68. The minimum atomic E-state index is -5.45. The second kappa shape index (κ2) is 6.83. The van der Waals surface area contributed by atoms with Crippen molar-refractivity contribution in [2.75, 3.05) is 18.5 Å². The van der Waals surface area contributed by atoms with Crippen molar-refractivity contribution in [1.29, 1.82) is 0 Å². The van der Waals surface area contributed by atoms with Crippen molar-refractivity contribution in [2.45, 2.75) is 24.9 Å². The van der Waals surface area contributed by atoms with Crippen LogP contribution in [0.2, 0.25) is 0 Å². The summed E-state index contributed by atoms with van der Waals surface area (Å²) < 4.78 is 76.7. The Morgan fingerprint density at radius 2 is 1.50 bits per heavy atom. The monoisotopic (exact) mass is 301 g/mol. The third-order valence-electron chi connectivity index (χ3n) is 2.30. The quantitative estimate of drug-likeness (QED) is 0.633. The van der Waals surface area contributed by atoms with E-state index in [0.717, 1.165) is 5.69 Å². The first kappa shape index (κ1) is 16.6. The van der Waals surface area contributed by atoms with Crippen molar-refractivity contribution in [1.82, 2.24) is 0 Å². The van der Waals surface area contributed by atoms with Gasteiger partial charge in [0.2, 0.25) is 6.10 Å². The Morgan fingerprint density at radius 3 is 2.00 bits per heavy atom. The van der Waals surface area contributed by atoms with E-state index in [-0.39, 0.29) is 13.0 Å². The third-order valence-corrected chi connectivity index (χ3v) is 2.30. The molecular weight excluding hydrogens is 288 g/mol. The molecule has 2 nitrogen and oxygen atoms in total. The predicted molar refractivity (Wildman–Crippen MR) is 61.4 cm³/mol. The Morgan fingerprint density at radius 1 is 0.950 bits per heavy atom. The van der Waals surface area contributed by atoms with Gasteiger partial charge in [-0.15, -0.1) is 0 Å². The van der Waals surface area contributed by atoms with Crippen LogP contribution in [-0.2, 0) is 4.74 Å². The highest BCUT2D eigenvalue weighted by atomic mass is 19.4. The van der Waals surface area contributed by atoms with Crippen LogP contribution in [0, 0.1) is 0 Å². The molecule has 0 saturated heterocycles. The van der Waals surface area contributed by atoms with Crippen molar-refractivity contribution in [2.24, 2.45) is 0 Å². The number of hydrogen-bond acceptors (Lipinski definition) is 2. The van der Waals surface area contributed by atoms with Gasteiger partial charge in [0, 0.05) is 18.8 Å². The number of para-hydroxylation sites is 1. The molecule has 0 aliphatic heterocycles. The number of ether oxygens (including phenoxy) is 1. The lowest BCUT2D eigenvalue weighted by atomic mass is 10.3. The molecule has 0 heterocycles. The molecule has 0 fully saturated rings. The SMILES string of the molecule is FC(F)(F)C(OCCCNc1ccccc1)C(F)(F)F. The second-order valence-corrected chi connectivity index (χ2v) is 3.98. The van der Waals surface area contributed by atoms with E-state index in [1.807, 2.05) is 0 Å². The van der Waals surface area contributed by atoms with Gasteiger partial charge in [-0.25, -0.2) is 0 Å². The summed E-state index contributed by atoms with van der Waals surface area (Å²) in [6.07, 6.45) is -14.6. The van der Waals surface area contributed by atoms with Gasteiger partial charge in [0.1, 0.15) is 0 Å². The van der Waals surface area contributed by atoms with Crippen LogP contribution in [0.3, 0.4) is 0 Å². The molecule has 1 aromatic carbocycles. The molecule has 0 atom stereocenters. The molecule has 0 saturated carbocycles. The van der Waals surface area contributed by atoms with Crippen LogP contribution >= 0.6 is 0 Å². The molecule has 0 spiro atoms. The van der Waals surface area contributed by atoms with E-state index < -0.39 is 25.1 Å². The summed E-state index contributed by atoms with van der Waals surface area (Å²) in [6, 6.07) is 8.75. The molecule has 0 radical (unpaired) electrons. The fraction of sp³-hybridized carbons (Fsp3) is 0.500. The van der Waals surface area contributed by atoms with Crippen LogP contribution < -0.4 is 5.32 Å². The highest BCUT2D eigenvalue weighted by Crippen LogP contribution is 2.35. The summed E-state index contributed by atoms with van der Waals surface area (Å²) in [5, 5.41) is 2.85. The molecule has 0 aromatic heterocycles. The summed E-state index contributed by atoms with van der Waals surface area (Å²) >= 11 is 0. The highest BCUT2D eigenvalue weighted by Gasteiger charge is 2.57.